The molecule has 7 heteroatoms. The molecular formula is C18H27N5O2. The highest BCUT2D eigenvalue weighted by Gasteiger charge is 2.46. The number of hydrogen-bond donors (Lipinski definition) is 3. The van der Waals surface area contributed by atoms with Gasteiger partial charge in [0.25, 0.3) is 5.56 Å². The summed E-state index contributed by atoms with van der Waals surface area (Å²) in [5.41, 5.74) is 12.0. The number of nitrogens with zero attached hydrogens (tertiary/aromatic N) is 2. The van der Waals surface area contributed by atoms with Gasteiger partial charge in [0.1, 0.15) is 11.4 Å². The van der Waals surface area contributed by atoms with Gasteiger partial charge in [-0.3, -0.25) is 14.6 Å². The lowest BCUT2D eigenvalue weighted by molar-refractivity contribution is -0.135. The molecule has 25 heavy (non-hydrogen) atoms. The van der Waals surface area contributed by atoms with Crippen LogP contribution in [0.2, 0.25) is 0 Å². The maximum absolute atomic E-state index is 12.6. The third-order valence-corrected chi connectivity index (χ3v) is 5.34. The Morgan fingerprint density at radius 1 is 1.32 bits per heavy atom. The molecular weight excluding hydrogens is 318 g/mol. The number of rotatable bonds is 2. The molecule has 0 spiro atoms. The van der Waals surface area contributed by atoms with E-state index in [0.717, 1.165) is 25.8 Å². The highest BCUT2D eigenvalue weighted by atomic mass is 16.2. The van der Waals surface area contributed by atoms with Crippen molar-refractivity contribution in [2.45, 2.75) is 51.6 Å². The number of likely N-dealkylation sites (tertiary alicyclic amines) is 1. The second-order valence-electron chi connectivity index (χ2n) is 8.10. The van der Waals surface area contributed by atoms with Crippen molar-refractivity contribution in [1.82, 2.24) is 9.88 Å². The molecule has 0 aromatic carbocycles. The minimum atomic E-state index is -0.329. The molecule has 0 radical (unpaired) electrons. The van der Waals surface area contributed by atoms with Crippen LogP contribution in [-0.2, 0) is 4.79 Å². The Balaban J connectivity index is 1.77. The van der Waals surface area contributed by atoms with Crippen LogP contribution in [0.1, 0.15) is 45.6 Å². The van der Waals surface area contributed by atoms with Crippen LogP contribution >= 0.6 is 0 Å². The SMILES string of the molecule is CC(C)(C)N1CC2CC(N=C(N)c3c(N)cc[nH]c3=O)CCC2C1=O. The molecule has 2 fully saturated rings. The van der Waals surface area contributed by atoms with Gasteiger partial charge in [0.05, 0.1) is 6.04 Å². The van der Waals surface area contributed by atoms with E-state index >= 15 is 0 Å². The van der Waals surface area contributed by atoms with Crippen molar-refractivity contribution in [3.63, 3.8) is 0 Å². The second kappa shape index (κ2) is 6.20. The zero-order valence-electron chi connectivity index (χ0n) is 15.1. The summed E-state index contributed by atoms with van der Waals surface area (Å²) in [6.45, 7) is 6.98. The van der Waals surface area contributed by atoms with Crippen LogP contribution in [0, 0.1) is 11.8 Å². The lowest BCUT2D eigenvalue weighted by Crippen LogP contribution is -2.43. The number of amides is 1. The fraction of sp³-hybridized carbons (Fsp3) is 0.611. The highest BCUT2D eigenvalue weighted by Crippen LogP contribution is 2.40. The fourth-order valence-electron chi connectivity index (χ4n) is 4.03. The number of nitrogens with two attached hydrogens (primary N) is 2. The van der Waals surface area contributed by atoms with Crippen LogP contribution in [0.4, 0.5) is 5.69 Å². The van der Waals surface area contributed by atoms with E-state index in [1.165, 1.54) is 6.20 Å². The molecule has 1 aromatic rings. The number of aromatic nitrogens is 1. The summed E-state index contributed by atoms with van der Waals surface area (Å²) in [5, 5.41) is 0. The number of nitrogen functional groups attached to an aromatic ring is 1. The molecule has 2 aliphatic rings. The second-order valence-corrected chi connectivity index (χ2v) is 8.10. The van der Waals surface area contributed by atoms with Gasteiger partial charge in [-0.2, -0.15) is 0 Å². The Morgan fingerprint density at radius 3 is 2.68 bits per heavy atom. The van der Waals surface area contributed by atoms with Gasteiger partial charge < -0.3 is 21.4 Å². The first-order chi connectivity index (χ1) is 11.7. The third-order valence-electron chi connectivity index (χ3n) is 5.34. The van der Waals surface area contributed by atoms with Crippen molar-refractivity contribution >= 4 is 17.4 Å². The number of H-pyrrole nitrogens is 1. The Morgan fingerprint density at radius 2 is 2.04 bits per heavy atom. The molecule has 3 rings (SSSR count). The molecule has 1 aromatic heterocycles. The molecule has 7 nitrogen and oxygen atoms in total. The number of carbonyl (C=O) groups excluding carboxylic acids is 1. The standard InChI is InChI=1S/C18H27N5O2/c1-18(2,3)23-9-10-8-11(4-5-12(10)17(23)25)22-15(20)14-13(19)6-7-21-16(14)24/h6-7,10-12H,4-5,8-9H2,1-3H3,(H2,20,22)(H3,19,21,24). The van der Waals surface area contributed by atoms with Gasteiger partial charge in [-0.05, 0) is 52.0 Å². The average molecular weight is 345 g/mol. The van der Waals surface area contributed by atoms with Crippen molar-refractivity contribution in [3.05, 3.63) is 28.2 Å². The van der Waals surface area contributed by atoms with E-state index in [1.807, 2.05) is 4.90 Å². The van der Waals surface area contributed by atoms with Gasteiger partial charge in [0.15, 0.2) is 0 Å². The molecule has 1 saturated heterocycles. The summed E-state index contributed by atoms with van der Waals surface area (Å²) in [4.78, 5) is 33.7. The van der Waals surface area contributed by atoms with Crippen LogP contribution in [0.5, 0.6) is 0 Å². The Hall–Kier alpha value is -2.31. The van der Waals surface area contributed by atoms with Crippen molar-refractivity contribution in [1.29, 1.82) is 0 Å². The smallest absolute Gasteiger partial charge is 0.261 e. The summed E-state index contributed by atoms with van der Waals surface area (Å²) >= 11 is 0. The average Bonchev–Trinajstić information content (AvgIpc) is 2.84. The monoisotopic (exact) mass is 345 g/mol. The maximum atomic E-state index is 12.6. The largest absolute Gasteiger partial charge is 0.398 e. The van der Waals surface area contributed by atoms with Crippen molar-refractivity contribution < 1.29 is 4.79 Å². The quantitative estimate of drug-likeness (QED) is 0.549. The molecule has 0 bridgehead atoms. The summed E-state index contributed by atoms with van der Waals surface area (Å²) in [6.07, 6.45) is 3.92. The maximum Gasteiger partial charge on any atom is 0.261 e. The topological polar surface area (TPSA) is 118 Å². The number of aromatic amines is 1. The van der Waals surface area contributed by atoms with Crippen molar-refractivity contribution in [2.24, 2.45) is 22.6 Å². The molecule has 1 amide bonds. The van der Waals surface area contributed by atoms with Crippen LogP contribution in [0.25, 0.3) is 0 Å². The van der Waals surface area contributed by atoms with Gasteiger partial charge in [-0.1, -0.05) is 0 Å². The normalized spacial score (nSPS) is 27.5. The summed E-state index contributed by atoms with van der Waals surface area (Å²) in [5.74, 6) is 0.835. The third kappa shape index (κ3) is 3.27. The zero-order valence-corrected chi connectivity index (χ0v) is 15.1. The molecule has 1 saturated carbocycles. The van der Waals surface area contributed by atoms with Crippen LogP contribution < -0.4 is 17.0 Å². The van der Waals surface area contributed by atoms with Crippen LogP contribution in [0.15, 0.2) is 22.1 Å². The predicted octanol–water partition coefficient (Wildman–Crippen LogP) is 1.09. The zero-order chi connectivity index (χ0) is 18.4. The number of aliphatic imine (C=N–C) groups is 1. The van der Waals surface area contributed by atoms with E-state index in [4.69, 9.17) is 11.5 Å². The lowest BCUT2D eigenvalue weighted by Gasteiger charge is -2.32. The van der Waals surface area contributed by atoms with E-state index in [2.05, 4.69) is 30.7 Å². The van der Waals surface area contributed by atoms with Crippen LogP contribution in [0.3, 0.4) is 0 Å². The van der Waals surface area contributed by atoms with Gasteiger partial charge >= 0.3 is 0 Å². The summed E-state index contributed by atoms with van der Waals surface area (Å²) in [6, 6.07) is 1.63. The Kier molecular flexibility index (Phi) is 4.34. The minimum Gasteiger partial charge on any atom is -0.398 e. The van der Waals surface area contributed by atoms with E-state index in [0.29, 0.717) is 11.6 Å². The Bertz CT molecular complexity index is 761. The molecule has 1 aliphatic heterocycles. The number of nitrogens with one attached hydrogen (secondary N) is 1. The van der Waals surface area contributed by atoms with Gasteiger partial charge in [0.2, 0.25) is 5.91 Å². The molecule has 3 atom stereocenters. The first-order valence-electron chi connectivity index (χ1n) is 8.80. The predicted molar refractivity (Wildman–Crippen MR) is 98.3 cm³/mol. The highest BCUT2D eigenvalue weighted by molar-refractivity contribution is 6.01. The number of amidine groups is 1. The number of anilines is 1. The molecule has 5 N–H and O–H groups in total. The first-order valence-corrected chi connectivity index (χ1v) is 8.80. The number of fused-ring (bicyclic) bond motifs is 1. The van der Waals surface area contributed by atoms with E-state index in [-0.39, 0.29) is 40.4 Å². The number of pyridine rings is 1. The summed E-state index contributed by atoms with van der Waals surface area (Å²) in [7, 11) is 0. The van der Waals surface area contributed by atoms with Crippen LogP contribution in [-0.4, -0.2) is 39.8 Å². The van der Waals surface area contributed by atoms with Gasteiger partial charge in [-0.15, -0.1) is 0 Å². The van der Waals surface area contributed by atoms with Crippen molar-refractivity contribution in [2.75, 3.05) is 12.3 Å². The van der Waals surface area contributed by atoms with E-state index in [9.17, 15) is 9.59 Å². The summed E-state index contributed by atoms with van der Waals surface area (Å²) < 4.78 is 0. The van der Waals surface area contributed by atoms with Gasteiger partial charge in [0, 0.05) is 29.9 Å². The van der Waals surface area contributed by atoms with Gasteiger partial charge in [-0.25, -0.2) is 0 Å². The lowest BCUT2D eigenvalue weighted by atomic mass is 9.79. The van der Waals surface area contributed by atoms with Crippen molar-refractivity contribution in [3.8, 4) is 0 Å². The number of carbonyl (C=O) groups is 1. The fourth-order valence-corrected chi connectivity index (χ4v) is 4.03. The van der Waals surface area contributed by atoms with E-state index < -0.39 is 0 Å². The first kappa shape index (κ1) is 17.5. The number of hydrogen-bond acceptors (Lipinski definition) is 4. The Labute approximate surface area is 147 Å². The van der Waals surface area contributed by atoms with E-state index in [1.54, 1.807) is 6.07 Å². The molecule has 136 valence electrons. The molecule has 3 unspecified atom stereocenters. The molecule has 1 aliphatic carbocycles. The minimum absolute atomic E-state index is 0.0213. The molecule has 2 heterocycles.